The first-order chi connectivity index (χ1) is 11.8. The van der Waals surface area contributed by atoms with Crippen LogP contribution < -0.4 is 0 Å². The van der Waals surface area contributed by atoms with E-state index in [0.717, 1.165) is 38.2 Å². The molecule has 1 atom stereocenters. The minimum atomic E-state index is -3.31. The van der Waals surface area contributed by atoms with Gasteiger partial charge >= 0.3 is 0 Å². The van der Waals surface area contributed by atoms with Crippen LogP contribution in [0.3, 0.4) is 0 Å². The van der Waals surface area contributed by atoms with Crippen molar-refractivity contribution < 1.29 is 8.42 Å². The number of rotatable bonds is 5. The second kappa shape index (κ2) is 7.01. The Bertz CT molecular complexity index is 846. The van der Waals surface area contributed by atoms with Gasteiger partial charge in [-0.1, -0.05) is 6.92 Å². The van der Waals surface area contributed by atoms with Gasteiger partial charge in [0.15, 0.2) is 15.5 Å². The Morgan fingerprint density at radius 3 is 2.68 bits per heavy atom. The van der Waals surface area contributed by atoms with Crippen LogP contribution in [0, 0.1) is 0 Å². The number of hydrogen-bond donors (Lipinski definition) is 0. The zero-order valence-electron chi connectivity index (χ0n) is 15.4. The molecule has 138 valence electrons. The van der Waals surface area contributed by atoms with Gasteiger partial charge in [-0.05, 0) is 20.3 Å². The monoisotopic (exact) mass is 365 g/mol. The summed E-state index contributed by atoms with van der Waals surface area (Å²) >= 11 is 0. The van der Waals surface area contributed by atoms with Crippen molar-refractivity contribution in [1.82, 2.24) is 24.4 Å². The molecule has 0 aliphatic carbocycles. The van der Waals surface area contributed by atoms with Crippen molar-refractivity contribution in [1.29, 1.82) is 0 Å². The maximum absolute atomic E-state index is 11.8. The fourth-order valence-electron chi connectivity index (χ4n) is 3.61. The maximum atomic E-state index is 11.8. The zero-order chi connectivity index (χ0) is 18.2. The van der Waals surface area contributed by atoms with Crippen molar-refractivity contribution in [2.75, 3.05) is 25.9 Å². The molecule has 25 heavy (non-hydrogen) atoms. The summed E-state index contributed by atoms with van der Waals surface area (Å²) in [5, 5.41) is 4.15. The molecule has 2 aromatic heterocycles. The molecule has 1 aliphatic rings. The van der Waals surface area contributed by atoms with Gasteiger partial charge in [-0.2, -0.15) is 5.10 Å². The van der Waals surface area contributed by atoms with Crippen LogP contribution in [-0.2, 0) is 16.4 Å². The van der Waals surface area contributed by atoms with E-state index in [2.05, 4.69) is 40.7 Å². The fraction of sp³-hybridized carbons (Fsp3) is 0.647. The highest BCUT2D eigenvalue weighted by Crippen LogP contribution is 2.19. The molecular formula is C17H27N5O2S. The van der Waals surface area contributed by atoms with Crippen LogP contribution in [0.25, 0.3) is 5.65 Å². The van der Waals surface area contributed by atoms with Crippen molar-refractivity contribution in [3.63, 3.8) is 0 Å². The largest absolute Gasteiger partial charge is 0.296 e. The number of hydrogen-bond acceptors (Lipinski definition) is 6. The SMILES string of the molecule is CCC1CN(Cc2cnc3c(S(C)(=O)=O)cnn3c2)CCN1C(C)C. The van der Waals surface area contributed by atoms with E-state index in [9.17, 15) is 8.42 Å². The summed E-state index contributed by atoms with van der Waals surface area (Å²) in [6.07, 6.45) is 7.34. The van der Waals surface area contributed by atoms with E-state index in [1.165, 1.54) is 12.5 Å². The summed E-state index contributed by atoms with van der Waals surface area (Å²) in [4.78, 5) is 9.53. The van der Waals surface area contributed by atoms with Crippen LogP contribution in [0.5, 0.6) is 0 Å². The van der Waals surface area contributed by atoms with Gasteiger partial charge in [0.2, 0.25) is 0 Å². The van der Waals surface area contributed by atoms with Crippen molar-refractivity contribution in [2.24, 2.45) is 0 Å². The van der Waals surface area contributed by atoms with Crippen LogP contribution >= 0.6 is 0 Å². The topological polar surface area (TPSA) is 70.8 Å². The van der Waals surface area contributed by atoms with Crippen molar-refractivity contribution >= 4 is 15.5 Å². The van der Waals surface area contributed by atoms with Gasteiger partial charge in [-0.15, -0.1) is 0 Å². The zero-order valence-corrected chi connectivity index (χ0v) is 16.2. The number of fused-ring (bicyclic) bond motifs is 1. The minimum absolute atomic E-state index is 0.177. The van der Waals surface area contributed by atoms with E-state index < -0.39 is 9.84 Å². The summed E-state index contributed by atoms with van der Waals surface area (Å²) in [5.41, 5.74) is 1.44. The van der Waals surface area contributed by atoms with Crippen LogP contribution in [0.15, 0.2) is 23.5 Å². The molecule has 7 nitrogen and oxygen atoms in total. The van der Waals surface area contributed by atoms with Crippen molar-refractivity contribution in [3.05, 3.63) is 24.2 Å². The highest BCUT2D eigenvalue weighted by atomic mass is 32.2. The van der Waals surface area contributed by atoms with Gasteiger partial charge in [0.05, 0.1) is 6.20 Å². The van der Waals surface area contributed by atoms with Gasteiger partial charge in [-0.3, -0.25) is 9.80 Å². The normalized spacial score (nSPS) is 20.6. The standard InChI is InChI=1S/C17H27N5O2S/c1-5-15-12-20(6-7-21(15)13(2)3)10-14-8-18-17-16(25(4,23)24)9-19-22(17)11-14/h8-9,11,13,15H,5-7,10,12H2,1-4H3. The average Bonchev–Trinajstić information content (AvgIpc) is 2.97. The molecule has 0 radical (unpaired) electrons. The third-order valence-electron chi connectivity index (χ3n) is 4.93. The van der Waals surface area contributed by atoms with E-state index in [0.29, 0.717) is 17.7 Å². The molecule has 3 heterocycles. The number of aromatic nitrogens is 3. The lowest BCUT2D eigenvalue weighted by molar-refractivity contribution is 0.0455. The molecule has 1 fully saturated rings. The van der Waals surface area contributed by atoms with Crippen molar-refractivity contribution in [3.8, 4) is 0 Å². The Morgan fingerprint density at radius 2 is 2.04 bits per heavy atom. The van der Waals surface area contributed by atoms with E-state index in [4.69, 9.17) is 0 Å². The third kappa shape index (κ3) is 3.86. The van der Waals surface area contributed by atoms with Gasteiger partial charge in [0.25, 0.3) is 0 Å². The molecule has 0 saturated carbocycles. The highest BCUT2D eigenvalue weighted by Gasteiger charge is 2.27. The van der Waals surface area contributed by atoms with Gasteiger partial charge in [0, 0.05) is 62.5 Å². The molecule has 8 heteroatoms. The minimum Gasteiger partial charge on any atom is -0.296 e. The number of sulfone groups is 1. The molecule has 1 saturated heterocycles. The van der Waals surface area contributed by atoms with Crippen LogP contribution in [0.1, 0.15) is 32.8 Å². The molecule has 0 bridgehead atoms. The maximum Gasteiger partial charge on any atom is 0.180 e. The quantitative estimate of drug-likeness (QED) is 0.798. The molecule has 0 N–H and O–H groups in total. The van der Waals surface area contributed by atoms with Gasteiger partial charge in [0.1, 0.15) is 4.90 Å². The molecule has 0 amide bonds. The summed E-state index contributed by atoms with van der Waals surface area (Å²) in [6, 6.07) is 1.15. The van der Waals surface area contributed by atoms with Gasteiger partial charge < -0.3 is 0 Å². The van der Waals surface area contributed by atoms with E-state index in [1.807, 2.05) is 6.20 Å². The van der Waals surface area contributed by atoms with E-state index >= 15 is 0 Å². The molecule has 0 aromatic carbocycles. The molecular weight excluding hydrogens is 338 g/mol. The Labute approximate surface area is 149 Å². The Balaban J connectivity index is 1.75. The molecule has 1 unspecified atom stereocenters. The Kier molecular flexibility index (Phi) is 5.13. The first-order valence-corrected chi connectivity index (χ1v) is 10.7. The second-order valence-corrected chi connectivity index (χ2v) is 9.12. The van der Waals surface area contributed by atoms with E-state index in [1.54, 1.807) is 10.7 Å². The van der Waals surface area contributed by atoms with E-state index in [-0.39, 0.29) is 4.90 Å². The average molecular weight is 366 g/mol. The lowest BCUT2D eigenvalue weighted by Gasteiger charge is -2.43. The lowest BCUT2D eigenvalue weighted by atomic mass is 10.1. The molecule has 3 rings (SSSR count). The summed E-state index contributed by atoms with van der Waals surface area (Å²) < 4.78 is 25.1. The number of nitrogens with zero attached hydrogens (tertiary/aromatic N) is 5. The Morgan fingerprint density at radius 1 is 1.28 bits per heavy atom. The smallest absolute Gasteiger partial charge is 0.180 e. The number of piperazine rings is 1. The summed E-state index contributed by atoms with van der Waals surface area (Å²) in [7, 11) is -3.31. The van der Waals surface area contributed by atoms with Crippen molar-refractivity contribution in [2.45, 2.75) is 50.7 Å². The molecule has 0 spiro atoms. The van der Waals surface area contributed by atoms with Crippen LogP contribution in [-0.4, -0.2) is 70.8 Å². The molecule has 1 aliphatic heterocycles. The lowest BCUT2D eigenvalue weighted by Crippen LogP contribution is -2.54. The first-order valence-electron chi connectivity index (χ1n) is 8.80. The van der Waals surface area contributed by atoms with Crippen LogP contribution in [0.4, 0.5) is 0 Å². The Hall–Kier alpha value is -1.51. The van der Waals surface area contributed by atoms with Crippen LogP contribution in [0.2, 0.25) is 0 Å². The molecule has 2 aromatic rings. The predicted molar refractivity (Wildman–Crippen MR) is 97.3 cm³/mol. The summed E-state index contributed by atoms with van der Waals surface area (Å²) in [6.45, 7) is 10.7. The van der Waals surface area contributed by atoms with Gasteiger partial charge in [-0.25, -0.2) is 17.9 Å². The predicted octanol–water partition coefficient (Wildman–Crippen LogP) is 1.44. The first kappa shape index (κ1) is 18.3. The third-order valence-corrected chi connectivity index (χ3v) is 6.02. The summed E-state index contributed by atoms with van der Waals surface area (Å²) in [5.74, 6) is 0. The second-order valence-electron chi connectivity index (χ2n) is 7.14. The fourth-order valence-corrected chi connectivity index (χ4v) is 4.33. The highest BCUT2D eigenvalue weighted by molar-refractivity contribution is 7.90.